The summed E-state index contributed by atoms with van der Waals surface area (Å²) in [6.45, 7) is 0.594. The fourth-order valence-corrected chi connectivity index (χ4v) is 4.19. The molecule has 1 saturated carbocycles. The Morgan fingerprint density at radius 3 is 2.76 bits per heavy atom. The fraction of sp³-hybridized carbons (Fsp3) is 0.429. The van der Waals surface area contributed by atoms with Crippen molar-refractivity contribution in [1.29, 1.82) is 0 Å². The van der Waals surface area contributed by atoms with Crippen LogP contribution < -0.4 is 4.72 Å². The minimum absolute atomic E-state index is 0.126. The van der Waals surface area contributed by atoms with Gasteiger partial charge >= 0.3 is 0 Å². The van der Waals surface area contributed by atoms with Crippen LogP contribution in [0.4, 0.5) is 0 Å². The molecule has 21 heavy (non-hydrogen) atoms. The summed E-state index contributed by atoms with van der Waals surface area (Å²) in [5.74, 6) is 0.488. The summed E-state index contributed by atoms with van der Waals surface area (Å²) < 4.78 is 26.5. The number of sulfonamides is 1. The zero-order valence-electron chi connectivity index (χ0n) is 11.3. The number of nitrogens with one attached hydrogen (secondary N) is 1. The van der Waals surface area contributed by atoms with E-state index in [0.717, 1.165) is 12.8 Å². The van der Waals surface area contributed by atoms with Crippen LogP contribution >= 0.6 is 0 Å². The normalized spacial score (nSPS) is 28.8. The molecule has 1 aliphatic carbocycles. The van der Waals surface area contributed by atoms with E-state index < -0.39 is 10.0 Å². The third kappa shape index (κ3) is 2.12. The van der Waals surface area contributed by atoms with E-state index in [1.54, 1.807) is 24.3 Å². The molecule has 1 N–H and O–H groups in total. The number of fused-ring (bicyclic) bond motifs is 1. The van der Waals surface area contributed by atoms with E-state index in [9.17, 15) is 13.2 Å². The maximum atomic E-state index is 12.0. The van der Waals surface area contributed by atoms with Gasteiger partial charge in [-0.1, -0.05) is 12.1 Å². The average Bonchev–Trinajstić information content (AvgIpc) is 3.17. The Morgan fingerprint density at radius 1 is 1.24 bits per heavy atom. The highest BCUT2D eigenvalue weighted by Crippen LogP contribution is 2.32. The summed E-state index contributed by atoms with van der Waals surface area (Å²) in [6, 6.07) is 7.00. The number of amidine groups is 1. The van der Waals surface area contributed by atoms with Crippen molar-refractivity contribution in [2.45, 2.75) is 36.2 Å². The standard InChI is InChI=1S/C14H15N3O3S/c18-13-7-9(8-17(13)10-5-6-10)15-14-11-3-1-2-4-12(11)21(19,20)16-14/h1-4,9-10H,5-8H2,(H,15,16). The van der Waals surface area contributed by atoms with Crippen molar-refractivity contribution < 1.29 is 13.2 Å². The highest BCUT2D eigenvalue weighted by molar-refractivity contribution is 7.90. The SMILES string of the molecule is O=C1CC(N=C2NS(=O)(=O)c3ccccc32)CN1C1CC1. The summed E-state index contributed by atoms with van der Waals surface area (Å²) in [5, 5.41) is 0. The van der Waals surface area contributed by atoms with E-state index in [2.05, 4.69) is 9.71 Å². The van der Waals surface area contributed by atoms with Crippen molar-refractivity contribution in [2.75, 3.05) is 6.54 Å². The van der Waals surface area contributed by atoms with Crippen molar-refractivity contribution in [3.05, 3.63) is 29.8 Å². The zero-order chi connectivity index (χ0) is 14.6. The topological polar surface area (TPSA) is 78.8 Å². The highest BCUT2D eigenvalue weighted by Gasteiger charge is 2.40. The van der Waals surface area contributed by atoms with Crippen LogP contribution in [0.5, 0.6) is 0 Å². The van der Waals surface area contributed by atoms with Crippen LogP contribution in [0.1, 0.15) is 24.8 Å². The maximum Gasteiger partial charge on any atom is 0.263 e. The first-order chi connectivity index (χ1) is 10.0. The summed E-state index contributed by atoms with van der Waals surface area (Å²) in [4.78, 5) is 18.6. The van der Waals surface area contributed by atoms with Crippen molar-refractivity contribution in [3.8, 4) is 0 Å². The number of carbonyl (C=O) groups excluding carboxylic acids is 1. The second-order valence-corrected chi connectivity index (χ2v) is 7.37. The van der Waals surface area contributed by atoms with Crippen LogP contribution in [0.3, 0.4) is 0 Å². The Balaban J connectivity index is 1.64. The molecular formula is C14H15N3O3S. The van der Waals surface area contributed by atoms with Crippen molar-refractivity contribution >= 4 is 21.8 Å². The molecule has 2 fully saturated rings. The van der Waals surface area contributed by atoms with Crippen molar-refractivity contribution in [3.63, 3.8) is 0 Å². The number of hydrogen-bond acceptors (Lipinski definition) is 4. The largest absolute Gasteiger partial charge is 0.337 e. The lowest BCUT2D eigenvalue weighted by molar-refractivity contribution is -0.128. The first-order valence-electron chi connectivity index (χ1n) is 7.04. The van der Waals surface area contributed by atoms with Crippen LogP contribution in [0.25, 0.3) is 0 Å². The summed E-state index contributed by atoms with van der Waals surface area (Å²) in [7, 11) is -3.51. The van der Waals surface area contributed by atoms with Gasteiger partial charge in [0.1, 0.15) is 5.84 Å². The van der Waals surface area contributed by atoms with Gasteiger partial charge in [0.25, 0.3) is 10.0 Å². The Labute approximate surface area is 122 Å². The fourth-order valence-electron chi connectivity index (χ4n) is 2.95. The minimum Gasteiger partial charge on any atom is -0.337 e. The number of benzene rings is 1. The van der Waals surface area contributed by atoms with Crippen LogP contribution in [-0.2, 0) is 14.8 Å². The first-order valence-corrected chi connectivity index (χ1v) is 8.52. The van der Waals surface area contributed by atoms with Crippen LogP contribution in [-0.4, -0.2) is 43.7 Å². The van der Waals surface area contributed by atoms with Gasteiger partial charge in [-0.05, 0) is 25.0 Å². The number of likely N-dealkylation sites (tertiary alicyclic amines) is 1. The third-order valence-corrected chi connectivity index (χ3v) is 5.50. The molecule has 0 spiro atoms. The number of hydrogen-bond donors (Lipinski definition) is 1. The predicted octanol–water partition coefficient (Wildman–Crippen LogP) is 0.488. The smallest absolute Gasteiger partial charge is 0.263 e. The van der Waals surface area contributed by atoms with Gasteiger partial charge in [-0.2, -0.15) is 0 Å². The van der Waals surface area contributed by atoms with Gasteiger partial charge in [-0.15, -0.1) is 0 Å². The molecule has 7 heteroatoms. The van der Waals surface area contributed by atoms with Gasteiger partial charge in [-0.3, -0.25) is 14.5 Å². The summed E-state index contributed by atoms with van der Waals surface area (Å²) >= 11 is 0. The van der Waals surface area contributed by atoms with Crippen LogP contribution in [0.2, 0.25) is 0 Å². The third-order valence-electron chi connectivity index (χ3n) is 4.10. The molecule has 2 heterocycles. The molecule has 3 aliphatic rings. The molecule has 1 amide bonds. The van der Waals surface area contributed by atoms with Crippen LogP contribution in [0.15, 0.2) is 34.2 Å². The second-order valence-electron chi connectivity index (χ2n) is 5.71. The van der Waals surface area contributed by atoms with Gasteiger partial charge in [0, 0.05) is 18.2 Å². The first kappa shape index (κ1) is 12.8. The summed E-state index contributed by atoms with van der Waals surface area (Å²) in [6.07, 6.45) is 2.51. The second kappa shape index (κ2) is 4.30. The molecule has 1 aromatic carbocycles. The van der Waals surface area contributed by atoms with E-state index in [-0.39, 0.29) is 16.8 Å². The molecule has 2 aliphatic heterocycles. The van der Waals surface area contributed by atoms with Gasteiger partial charge in [0.05, 0.1) is 17.4 Å². The van der Waals surface area contributed by atoms with Gasteiger partial charge in [0.15, 0.2) is 0 Å². The van der Waals surface area contributed by atoms with Gasteiger partial charge in [-0.25, -0.2) is 8.42 Å². The number of rotatable bonds is 2. The predicted molar refractivity (Wildman–Crippen MR) is 76.4 cm³/mol. The summed E-state index contributed by atoms with van der Waals surface area (Å²) in [5.41, 5.74) is 0.592. The van der Waals surface area contributed by atoms with Crippen molar-refractivity contribution in [2.24, 2.45) is 4.99 Å². The molecule has 0 aromatic heterocycles. The number of aliphatic imine (C=N–C) groups is 1. The molecule has 6 nitrogen and oxygen atoms in total. The molecule has 0 radical (unpaired) electrons. The van der Waals surface area contributed by atoms with Crippen LogP contribution in [0, 0.1) is 0 Å². The number of carbonyl (C=O) groups is 1. The molecule has 0 bridgehead atoms. The highest BCUT2D eigenvalue weighted by atomic mass is 32.2. The Morgan fingerprint density at radius 2 is 2.00 bits per heavy atom. The van der Waals surface area contributed by atoms with Gasteiger partial charge < -0.3 is 4.90 Å². The Bertz CT molecular complexity index is 752. The molecule has 1 unspecified atom stereocenters. The molecule has 1 saturated heterocycles. The van der Waals surface area contributed by atoms with E-state index in [4.69, 9.17) is 0 Å². The quantitative estimate of drug-likeness (QED) is 0.863. The number of amides is 1. The minimum atomic E-state index is -3.51. The number of nitrogens with zero attached hydrogens (tertiary/aromatic N) is 2. The lowest BCUT2D eigenvalue weighted by atomic mass is 10.2. The monoisotopic (exact) mass is 305 g/mol. The van der Waals surface area contributed by atoms with Gasteiger partial charge in [0.2, 0.25) is 5.91 Å². The lowest BCUT2D eigenvalue weighted by Crippen LogP contribution is -2.28. The molecule has 4 rings (SSSR count). The Kier molecular flexibility index (Phi) is 2.63. The molecule has 1 atom stereocenters. The average molecular weight is 305 g/mol. The van der Waals surface area contributed by atoms with E-state index in [0.29, 0.717) is 30.4 Å². The Hall–Kier alpha value is -1.89. The lowest BCUT2D eigenvalue weighted by Gasteiger charge is -2.14. The maximum absolute atomic E-state index is 12.0. The molecular weight excluding hydrogens is 290 g/mol. The van der Waals surface area contributed by atoms with Crippen molar-refractivity contribution in [1.82, 2.24) is 9.62 Å². The molecule has 1 aromatic rings. The van der Waals surface area contributed by atoms with E-state index in [1.807, 2.05) is 4.90 Å². The zero-order valence-corrected chi connectivity index (χ0v) is 12.1. The van der Waals surface area contributed by atoms with E-state index >= 15 is 0 Å². The molecule has 110 valence electrons. The van der Waals surface area contributed by atoms with E-state index in [1.165, 1.54) is 0 Å².